The Kier molecular flexibility index (Phi) is 10.2. The molecule has 0 bridgehead atoms. The van der Waals surface area contributed by atoms with E-state index in [4.69, 9.17) is 16.3 Å². The van der Waals surface area contributed by atoms with Gasteiger partial charge < -0.3 is 30.3 Å². The largest absolute Gasteiger partial charge is 0.433 e. The summed E-state index contributed by atoms with van der Waals surface area (Å²) in [5.74, 6) is -10.9. The van der Waals surface area contributed by atoms with E-state index in [2.05, 4.69) is 15.4 Å². The molecule has 0 saturated carbocycles. The molecule has 0 spiro atoms. The summed E-state index contributed by atoms with van der Waals surface area (Å²) in [7, 11) is 0. The Hall–Kier alpha value is -3.57. The molecule has 10 nitrogen and oxygen atoms in total. The predicted molar refractivity (Wildman–Crippen MR) is 129 cm³/mol. The lowest BCUT2D eigenvalue weighted by atomic mass is 10.2. The Balaban J connectivity index is 1.83. The van der Waals surface area contributed by atoms with Crippen LogP contribution in [0.2, 0.25) is 4.34 Å². The number of hydrogen-bond acceptors (Lipinski definition) is 7. The van der Waals surface area contributed by atoms with Crippen molar-refractivity contribution >= 4 is 57.9 Å². The van der Waals surface area contributed by atoms with Crippen molar-refractivity contribution in [1.29, 1.82) is 0 Å². The second-order valence-corrected chi connectivity index (χ2v) is 9.63. The number of alkyl halides is 6. The van der Waals surface area contributed by atoms with Gasteiger partial charge in [-0.05, 0) is 24.3 Å². The molecule has 1 atom stereocenters. The molecule has 3 N–H and O–H groups in total. The van der Waals surface area contributed by atoms with E-state index in [1.807, 2.05) is 0 Å². The first-order chi connectivity index (χ1) is 18.8. The molecular formula is C22H19ClF6N4O6S. The van der Waals surface area contributed by atoms with E-state index >= 15 is 0 Å². The summed E-state index contributed by atoms with van der Waals surface area (Å²) in [6.07, 6.45) is -4.40. The first kappa shape index (κ1) is 31.0. The maximum Gasteiger partial charge on any atom is 0.387 e. The van der Waals surface area contributed by atoms with Crippen LogP contribution < -0.4 is 25.6 Å². The minimum Gasteiger partial charge on any atom is -0.433 e. The van der Waals surface area contributed by atoms with Gasteiger partial charge in [-0.25, -0.2) is 8.78 Å². The van der Waals surface area contributed by atoms with Crippen LogP contribution in [0, 0.1) is 0 Å². The summed E-state index contributed by atoms with van der Waals surface area (Å²) >= 11 is 6.58. The van der Waals surface area contributed by atoms with Crippen molar-refractivity contribution in [3.63, 3.8) is 0 Å². The third kappa shape index (κ3) is 7.76. The second kappa shape index (κ2) is 13.2. The fourth-order valence-electron chi connectivity index (χ4n) is 3.29. The molecule has 3 rings (SSSR count). The van der Waals surface area contributed by atoms with Crippen LogP contribution in [-0.4, -0.2) is 74.9 Å². The zero-order valence-electron chi connectivity index (χ0n) is 19.9. The van der Waals surface area contributed by atoms with Crippen molar-refractivity contribution in [3.8, 4) is 5.75 Å². The van der Waals surface area contributed by atoms with Crippen molar-refractivity contribution in [1.82, 2.24) is 10.6 Å². The number of ether oxygens (including phenoxy) is 2. The molecule has 18 heteroatoms. The maximum absolute atomic E-state index is 13.6. The van der Waals surface area contributed by atoms with Crippen molar-refractivity contribution in [2.75, 3.05) is 36.5 Å². The quantitative estimate of drug-likeness (QED) is 0.333. The van der Waals surface area contributed by atoms with Crippen LogP contribution in [0.5, 0.6) is 5.75 Å². The normalized spacial score (nSPS) is 14.7. The highest BCUT2D eigenvalue weighted by molar-refractivity contribution is 7.18. The van der Waals surface area contributed by atoms with Crippen molar-refractivity contribution < 1.29 is 55.0 Å². The van der Waals surface area contributed by atoms with Crippen LogP contribution >= 0.6 is 22.9 Å². The van der Waals surface area contributed by atoms with Gasteiger partial charge in [0.2, 0.25) is 5.91 Å². The summed E-state index contributed by atoms with van der Waals surface area (Å²) < 4.78 is 88.2. The number of anilines is 2. The number of nitrogens with zero attached hydrogens (tertiary/aromatic N) is 1. The zero-order valence-corrected chi connectivity index (χ0v) is 21.5. The topological polar surface area (TPSA) is 126 Å². The number of benzene rings is 1. The third-order valence-corrected chi connectivity index (χ3v) is 6.41. The molecule has 1 aliphatic heterocycles. The summed E-state index contributed by atoms with van der Waals surface area (Å²) in [4.78, 5) is 50.3. The Bertz CT molecular complexity index is 1270. The molecule has 0 unspecified atom stereocenters. The van der Waals surface area contributed by atoms with Gasteiger partial charge in [0, 0.05) is 24.8 Å². The van der Waals surface area contributed by atoms with Crippen LogP contribution in [0.3, 0.4) is 0 Å². The molecule has 1 aromatic carbocycles. The minimum atomic E-state index is -5.17. The number of hydrogen-bond donors (Lipinski definition) is 3. The standard InChI is InChI=1S/C22H19ClF6N4O6S/c23-15-4-3-14(40-15)18(36)30-8-11(32-20(37)22(28,29)19(24)25)17(35)31-10-1-2-12(13(7-10)39-21(26)27)33-5-6-38-9-16(33)34/h1-4,7,11,19,21H,5-6,8-9H2,(H,30,36)(H,31,35)(H,32,37)/t11-/m1/s1. The second-order valence-electron chi connectivity index (χ2n) is 7.91. The predicted octanol–water partition coefficient (Wildman–Crippen LogP) is 3.12. The van der Waals surface area contributed by atoms with Gasteiger partial charge in [-0.1, -0.05) is 11.6 Å². The Morgan fingerprint density at radius 1 is 1.15 bits per heavy atom. The number of thiophene rings is 1. The SMILES string of the molecule is O=C(NC[C@@H](NC(=O)C(F)(F)C(F)F)C(=O)Nc1ccc(N2CCOCC2=O)c(OC(F)F)c1)c1ccc(Cl)s1. The fourth-order valence-corrected chi connectivity index (χ4v) is 4.25. The van der Waals surface area contributed by atoms with Crippen molar-refractivity contribution in [2.24, 2.45) is 0 Å². The molecular weight excluding hydrogens is 598 g/mol. The smallest absolute Gasteiger partial charge is 0.387 e. The van der Waals surface area contributed by atoms with E-state index in [9.17, 15) is 45.5 Å². The lowest BCUT2D eigenvalue weighted by Gasteiger charge is -2.28. The Morgan fingerprint density at radius 2 is 1.88 bits per heavy atom. The minimum absolute atomic E-state index is 0.00570. The molecule has 1 aliphatic rings. The van der Waals surface area contributed by atoms with Gasteiger partial charge in [0.15, 0.2) is 5.75 Å². The average molecular weight is 617 g/mol. The van der Waals surface area contributed by atoms with Gasteiger partial charge in [0.25, 0.3) is 17.7 Å². The molecule has 0 radical (unpaired) electrons. The van der Waals surface area contributed by atoms with Gasteiger partial charge in [-0.3, -0.25) is 19.2 Å². The van der Waals surface area contributed by atoms with Crippen LogP contribution in [0.15, 0.2) is 30.3 Å². The first-order valence-electron chi connectivity index (χ1n) is 11.1. The first-order valence-corrected chi connectivity index (χ1v) is 12.3. The summed E-state index contributed by atoms with van der Waals surface area (Å²) in [6, 6.07) is 3.85. The molecule has 1 saturated heterocycles. The number of carbonyl (C=O) groups is 4. The van der Waals surface area contributed by atoms with Gasteiger partial charge in [-0.2, -0.15) is 17.6 Å². The molecule has 1 aromatic heterocycles. The number of rotatable bonds is 11. The van der Waals surface area contributed by atoms with Gasteiger partial charge >= 0.3 is 19.0 Å². The molecule has 2 heterocycles. The highest BCUT2D eigenvalue weighted by atomic mass is 35.5. The molecule has 218 valence electrons. The fraction of sp³-hybridized carbons (Fsp3) is 0.364. The van der Waals surface area contributed by atoms with E-state index in [1.54, 1.807) is 0 Å². The summed E-state index contributed by atoms with van der Waals surface area (Å²) in [5.41, 5.74) is -0.351. The number of nitrogens with one attached hydrogen (secondary N) is 3. The van der Waals surface area contributed by atoms with Crippen molar-refractivity contribution in [2.45, 2.75) is 25.0 Å². The summed E-state index contributed by atoms with van der Waals surface area (Å²) in [5, 5.41) is 5.78. The van der Waals surface area contributed by atoms with E-state index in [-0.39, 0.29) is 40.3 Å². The van der Waals surface area contributed by atoms with Crippen LogP contribution in [0.25, 0.3) is 0 Å². The number of morpholine rings is 1. The lowest BCUT2D eigenvalue weighted by molar-refractivity contribution is -0.170. The van der Waals surface area contributed by atoms with Crippen LogP contribution in [-0.2, 0) is 19.1 Å². The summed E-state index contributed by atoms with van der Waals surface area (Å²) in [6.45, 7) is -4.39. The number of carbonyl (C=O) groups excluding carboxylic acids is 4. The monoisotopic (exact) mass is 616 g/mol. The zero-order chi connectivity index (χ0) is 29.6. The van der Waals surface area contributed by atoms with E-state index in [0.717, 1.165) is 34.4 Å². The number of halogens is 7. The third-order valence-electron chi connectivity index (χ3n) is 5.18. The van der Waals surface area contributed by atoms with E-state index in [0.29, 0.717) is 0 Å². The Morgan fingerprint density at radius 3 is 2.48 bits per heavy atom. The molecule has 0 aliphatic carbocycles. The molecule has 1 fully saturated rings. The van der Waals surface area contributed by atoms with E-state index in [1.165, 1.54) is 17.4 Å². The highest BCUT2D eigenvalue weighted by Gasteiger charge is 2.50. The number of amides is 4. The van der Waals surface area contributed by atoms with Gasteiger partial charge in [0.05, 0.1) is 21.5 Å². The molecule has 2 aromatic rings. The molecule has 4 amide bonds. The average Bonchev–Trinajstić information content (AvgIpc) is 3.32. The Labute approximate surface area is 230 Å². The lowest BCUT2D eigenvalue weighted by Crippen LogP contribution is -2.56. The van der Waals surface area contributed by atoms with Crippen molar-refractivity contribution in [3.05, 3.63) is 39.5 Å². The molecule has 40 heavy (non-hydrogen) atoms. The maximum atomic E-state index is 13.6. The van der Waals surface area contributed by atoms with E-state index < -0.39 is 60.9 Å². The van der Waals surface area contributed by atoms with Gasteiger partial charge in [0.1, 0.15) is 12.6 Å². The van der Waals surface area contributed by atoms with Crippen LogP contribution in [0.1, 0.15) is 9.67 Å². The van der Waals surface area contributed by atoms with Gasteiger partial charge in [-0.15, -0.1) is 11.3 Å². The van der Waals surface area contributed by atoms with Crippen LogP contribution in [0.4, 0.5) is 37.7 Å². The highest BCUT2D eigenvalue weighted by Crippen LogP contribution is 2.34.